The van der Waals surface area contributed by atoms with Gasteiger partial charge in [-0.05, 0) is 13.0 Å². The number of aliphatic imine (C=N–C) groups is 1. The van der Waals surface area contributed by atoms with E-state index in [9.17, 15) is 0 Å². The molecule has 3 N–H and O–H groups in total. The highest BCUT2D eigenvalue weighted by molar-refractivity contribution is 5.71. The van der Waals surface area contributed by atoms with Crippen molar-refractivity contribution in [1.82, 2.24) is 5.43 Å². The topological polar surface area (TPSA) is 50.4 Å². The number of hydrazine groups is 1. The molecule has 0 saturated heterocycles. The summed E-state index contributed by atoms with van der Waals surface area (Å²) in [6.07, 6.45) is 3.47. The second-order valence-electron chi connectivity index (χ2n) is 1.40. The second kappa shape index (κ2) is 4.33. The third kappa shape index (κ3) is 3.36. The number of nitrogens with two attached hydrogens (primary N) is 1. The SMILES string of the molecule is CN=CC=C(C)NN. The van der Waals surface area contributed by atoms with Crippen LogP contribution in [0.1, 0.15) is 6.92 Å². The fraction of sp³-hybridized carbons (Fsp3) is 0.400. The van der Waals surface area contributed by atoms with Gasteiger partial charge in [0, 0.05) is 19.0 Å². The molecule has 0 fully saturated rings. The quantitative estimate of drug-likeness (QED) is 0.302. The fourth-order valence-electron chi connectivity index (χ4n) is 0.234. The minimum atomic E-state index is 0.899. The predicted molar refractivity (Wildman–Crippen MR) is 35.5 cm³/mol. The van der Waals surface area contributed by atoms with E-state index in [2.05, 4.69) is 10.4 Å². The van der Waals surface area contributed by atoms with Gasteiger partial charge in [-0.25, -0.2) is 0 Å². The van der Waals surface area contributed by atoms with Crippen LogP contribution in [0.2, 0.25) is 0 Å². The van der Waals surface area contributed by atoms with Gasteiger partial charge in [0.05, 0.1) is 0 Å². The van der Waals surface area contributed by atoms with Gasteiger partial charge < -0.3 is 5.43 Å². The minimum Gasteiger partial charge on any atom is -0.328 e. The highest BCUT2D eigenvalue weighted by Crippen LogP contribution is 1.77. The van der Waals surface area contributed by atoms with Crippen LogP contribution in [0.5, 0.6) is 0 Å². The molecule has 0 amide bonds. The smallest absolute Gasteiger partial charge is 0.0277 e. The molecule has 0 aliphatic rings. The van der Waals surface area contributed by atoms with Crippen molar-refractivity contribution < 1.29 is 0 Å². The highest BCUT2D eigenvalue weighted by atomic mass is 15.2. The van der Waals surface area contributed by atoms with Crippen molar-refractivity contribution in [2.75, 3.05) is 7.05 Å². The summed E-state index contributed by atoms with van der Waals surface area (Å²) in [5.41, 5.74) is 3.37. The van der Waals surface area contributed by atoms with E-state index < -0.39 is 0 Å². The molecular formula is C5H11N3. The van der Waals surface area contributed by atoms with Crippen molar-refractivity contribution >= 4 is 6.21 Å². The van der Waals surface area contributed by atoms with E-state index in [4.69, 9.17) is 5.84 Å². The Morgan fingerprint density at radius 1 is 1.75 bits per heavy atom. The summed E-state index contributed by atoms with van der Waals surface area (Å²) in [6.45, 7) is 1.86. The molecule has 0 aliphatic carbocycles. The Morgan fingerprint density at radius 3 is 2.75 bits per heavy atom. The van der Waals surface area contributed by atoms with Crippen LogP contribution in [0, 0.1) is 0 Å². The van der Waals surface area contributed by atoms with Gasteiger partial charge in [-0.3, -0.25) is 10.8 Å². The van der Waals surface area contributed by atoms with Crippen molar-refractivity contribution in [1.29, 1.82) is 0 Å². The zero-order valence-corrected chi connectivity index (χ0v) is 5.18. The number of hydrogen-bond acceptors (Lipinski definition) is 3. The molecule has 0 spiro atoms. The van der Waals surface area contributed by atoms with Crippen molar-refractivity contribution in [3.63, 3.8) is 0 Å². The molecule has 0 radical (unpaired) electrons. The summed E-state index contributed by atoms with van der Waals surface area (Å²) in [7, 11) is 1.71. The van der Waals surface area contributed by atoms with Crippen molar-refractivity contribution in [2.24, 2.45) is 10.8 Å². The van der Waals surface area contributed by atoms with Gasteiger partial charge in [0.25, 0.3) is 0 Å². The zero-order chi connectivity index (χ0) is 6.41. The highest BCUT2D eigenvalue weighted by Gasteiger charge is 1.73. The van der Waals surface area contributed by atoms with Crippen LogP contribution in [-0.4, -0.2) is 13.3 Å². The summed E-state index contributed by atoms with van der Waals surface area (Å²) in [5.74, 6) is 5.03. The number of hydrogen-bond donors (Lipinski definition) is 2. The van der Waals surface area contributed by atoms with Gasteiger partial charge in [0.1, 0.15) is 0 Å². The molecule has 0 heterocycles. The minimum absolute atomic E-state index is 0.899. The largest absolute Gasteiger partial charge is 0.328 e. The Kier molecular flexibility index (Phi) is 3.88. The molecule has 3 nitrogen and oxygen atoms in total. The maximum atomic E-state index is 5.03. The Morgan fingerprint density at radius 2 is 2.38 bits per heavy atom. The summed E-state index contributed by atoms with van der Waals surface area (Å²) in [4.78, 5) is 3.73. The van der Waals surface area contributed by atoms with Crippen LogP contribution in [0.25, 0.3) is 0 Å². The van der Waals surface area contributed by atoms with Crippen LogP contribution in [-0.2, 0) is 0 Å². The number of allylic oxidation sites excluding steroid dienone is 2. The van der Waals surface area contributed by atoms with Gasteiger partial charge in [-0.15, -0.1) is 0 Å². The molecule has 0 rings (SSSR count). The molecule has 0 aromatic carbocycles. The first-order chi connectivity index (χ1) is 3.81. The Bertz CT molecular complexity index is 104. The van der Waals surface area contributed by atoms with Crippen molar-refractivity contribution in [3.05, 3.63) is 11.8 Å². The predicted octanol–water partition coefficient (Wildman–Crippen LogP) is 0.0541. The average molecular weight is 113 g/mol. The fourth-order valence-corrected chi connectivity index (χ4v) is 0.234. The zero-order valence-electron chi connectivity index (χ0n) is 5.18. The number of nitrogens with one attached hydrogen (secondary N) is 1. The Balaban J connectivity index is 3.57. The Labute approximate surface area is 49.3 Å². The van der Waals surface area contributed by atoms with Crippen LogP contribution in [0.4, 0.5) is 0 Å². The molecule has 0 unspecified atom stereocenters. The van der Waals surface area contributed by atoms with E-state index in [1.165, 1.54) is 0 Å². The first-order valence-electron chi connectivity index (χ1n) is 2.37. The van der Waals surface area contributed by atoms with Gasteiger partial charge >= 0.3 is 0 Å². The Hall–Kier alpha value is -0.830. The standard InChI is InChI=1S/C5H11N3/c1-5(8-6)3-4-7-2/h3-4,8H,6H2,1-2H3. The maximum absolute atomic E-state index is 5.03. The molecule has 0 aromatic rings. The number of rotatable bonds is 2. The van der Waals surface area contributed by atoms with Crippen molar-refractivity contribution in [2.45, 2.75) is 6.92 Å². The van der Waals surface area contributed by atoms with Crippen LogP contribution < -0.4 is 11.3 Å². The van der Waals surface area contributed by atoms with Crippen LogP contribution in [0.3, 0.4) is 0 Å². The summed E-state index contributed by atoms with van der Waals surface area (Å²) < 4.78 is 0. The van der Waals surface area contributed by atoms with Gasteiger partial charge in [-0.1, -0.05) is 0 Å². The van der Waals surface area contributed by atoms with Gasteiger partial charge in [0.15, 0.2) is 0 Å². The monoisotopic (exact) mass is 113 g/mol. The normalized spacial score (nSPS) is 12.6. The lowest BCUT2D eigenvalue weighted by Crippen LogP contribution is -2.18. The molecule has 0 aliphatic heterocycles. The van der Waals surface area contributed by atoms with E-state index in [1.807, 2.05) is 6.92 Å². The third-order valence-corrected chi connectivity index (χ3v) is 0.701. The third-order valence-electron chi connectivity index (χ3n) is 0.701. The molecule has 8 heavy (non-hydrogen) atoms. The van der Waals surface area contributed by atoms with E-state index in [1.54, 1.807) is 19.3 Å². The lowest BCUT2D eigenvalue weighted by atomic mass is 10.5. The first-order valence-corrected chi connectivity index (χ1v) is 2.37. The lowest BCUT2D eigenvalue weighted by Gasteiger charge is -1.92. The van der Waals surface area contributed by atoms with E-state index in [0.29, 0.717) is 0 Å². The second-order valence-corrected chi connectivity index (χ2v) is 1.40. The molecule has 3 heteroatoms. The first kappa shape index (κ1) is 7.17. The molecule has 0 aromatic heterocycles. The molecule has 0 saturated carbocycles. The summed E-state index contributed by atoms with van der Waals surface area (Å²) in [6, 6.07) is 0. The number of nitrogens with zero attached hydrogens (tertiary/aromatic N) is 1. The van der Waals surface area contributed by atoms with E-state index in [-0.39, 0.29) is 0 Å². The molecule has 0 atom stereocenters. The van der Waals surface area contributed by atoms with Crippen molar-refractivity contribution in [3.8, 4) is 0 Å². The van der Waals surface area contributed by atoms with Crippen LogP contribution >= 0.6 is 0 Å². The summed E-state index contributed by atoms with van der Waals surface area (Å²) >= 11 is 0. The molecule has 46 valence electrons. The van der Waals surface area contributed by atoms with Gasteiger partial charge in [-0.2, -0.15) is 0 Å². The van der Waals surface area contributed by atoms with E-state index >= 15 is 0 Å². The molecular weight excluding hydrogens is 102 g/mol. The van der Waals surface area contributed by atoms with Crippen LogP contribution in [0.15, 0.2) is 16.8 Å². The van der Waals surface area contributed by atoms with E-state index in [0.717, 1.165) is 5.70 Å². The van der Waals surface area contributed by atoms with Gasteiger partial charge in [0.2, 0.25) is 0 Å². The average Bonchev–Trinajstić information content (AvgIpc) is 1.83. The maximum Gasteiger partial charge on any atom is 0.0277 e. The molecule has 0 bridgehead atoms. The summed E-state index contributed by atoms with van der Waals surface area (Å²) in [5, 5.41) is 0. The lowest BCUT2D eigenvalue weighted by molar-refractivity contribution is 0.888.